The molecule has 0 saturated carbocycles. The standard InChI is InChI=1S/C14H15N3O3/c1-20-14(19)11-10(7-8-15)13(18)17-16-12(11)9-5-3-2-4-6-9/h2-6H,7-8,15H2,1H3,(H,17,18). The summed E-state index contributed by atoms with van der Waals surface area (Å²) in [6, 6.07) is 9.12. The summed E-state index contributed by atoms with van der Waals surface area (Å²) in [5.74, 6) is -0.592. The third kappa shape index (κ3) is 2.60. The van der Waals surface area contributed by atoms with Crippen molar-refractivity contribution in [3.8, 4) is 11.3 Å². The number of aromatic nitrogens is 2. The van der Waals surface area contributed by atoms with E-state index in [0.29, 0.717) is 11.3 Å². The molecule has 0 atom stereocenters. The monoisotopic (exact) mass is 273 g/mol. The maximum atomic E-state index is 12.0. The van der Waals surface area contributed by atoms with Crippen molar-refractivity contribution in [2.24, 2.45) is 5.73 Å². The Kier molecular flexibility index (Phi) is 4.27. The van der Waals surface area contributed by atoms with E-state index in [-0.39, 0.29) is 18.5 Å². The van der Waals surface area contributed by atoms with Gasteiger partial charge in [-0.05, 0) is 13.0 Å². The second-order valence-electron chi connectivity index (χ2n) is 4.15. The van der Waals surface area contributed by atoms with E-state index in [1.165, 1.54) is 7.11 Å². The van der Waals surface area contributed by atoms with Crippen LogP contribution in [0.2, 0.25) is 0 Å². The van der Waals surface area contributed by atoms with Crippen LogP contribution in [0.5, 0.6) is 0 Å². The number of H-pyrrole nitrogens is 1. The Bertz CT molecular complexity index is 665. The molecule has 1 aromatic heterocycles. The summed E-state index contributed by atoms with van der Waals surface area (Å²) >= 11 is 0. The molecule has 3 N–H and O–H groups in total. The lowest BCUT2D eigenvalue weighted by Gasteiger charge is -2.10. The van der Waals surface area contributed by atoms with Crippen LogP contribution in [-0.2, 0) is 11.2 Å². The van der Waals surface area contributed by atoms with E-state index < -0.39 is 11.5 Å². The molecule has 0 fully saturated rings. The van der Waals surface area contributed by atoms with Gasteiger partial charge in [0.1, 0.15) is 5.69 Å². The van der Waals surface area contributed by atoms with Crippen LogP contribution in [0.15, 0.2) is 35.1 Å². The van der Waals surface area contributed by atoms with E-state index >= 15 is 0 Å². The molecule has 0 aliphatic rings. The van der Waals surface area contributed by atoms with Gasteiger partial charge in [-0.15, -0.1) is 0 Å². The normalized spacial score (nSPS) is 10.3. The largest absolute Gasteiger partial charge is 0.465 e. The van der Waals surface area contributed by atoms with Gasteiger partial charge in [-0.3, -0.25) is 4.79 Å². The van der Waals surface area contributed by atoms with Crippen molar-refractivity contribution in [2.75, 3.05) is 13.7 Å². The minimum atomic E-state index is -0.592. The Morgan fingerprint density at radius 2 is 2.05 bits per heavy atom. The SMILES string of the molecule is COC(=O)c1c(-c2ccccc2)n[nH]c(=O)c1CCN. The molecule has 20 heavy (non-hydrogen) atoms. The summed E-state index contributed by atoms with van der Waals surface area (Å²) in [5, 5.41) is 6.38. The molecule has 0 bridgehead atoms. The minimum Gasteiger partial charge on any atom is -0.465 e. The number of hydrogen-bond donors (Lipinski definition) is 2. The van der Waals surface area contributed by atoms with Crippen LogP contribution in [0.3, 0.4) is 0 Å². The fourth-order valence-electron chi connectivity index (χ4n) is 2.00. The first kappa shape index (κ1) is 14.0. The molecule has 0 saturated heterocycles. The number of carbonyl (C=O) groups excluding carboxylic acids is 1. The summed E-state index contributed by atoms with van der Waals surface area (Å²) < 4.78 is 4.77. The second kappa shape index (κ2) is 6.12. The fraction of sp³-hybridized carbons (Fsp3) is 0.214. The van der Waals surface area contributed by atoms with Crippen LogP contribution in [-0.4, -0.2) is 29.8 Å². The number of nitrogens with two attached hydrogens (primary N) is 1. The fourth-order valence-corrected chi connectivity index (χ4v) is 2.00. The lowest BCUT2D eigenvalue weighted by Crippen LogP contribution is -2.24. The maximum Gasteiger partial charge on any atom is 0.340 e. The van der Waals surface area contributed by atoms with Crippen molar-refractivity contribution in [3.63, 3.8) is 0 Å². The number of carbonyl (C=O) groups is 1. The molecule has 0 unspecified atom stereocenters. The number of esters is 1. The van der Waals surface area contributed by atoms with Crippen LogP contribution in [0, 0.1) is 0 Å². The van der Waals surface area contributed by atoms with Gasteiger partial charge in [0.25, 0.3) is 5.56 Å². The molecule has 104 valence electrons. The van der Waals surface area contributed by atoms with Crippen molar-refractivity contribution in [1.82, 2.24) is 10.2 Å². The van der Waals surface area contributed by atoms with E-state index in [9.17, 15) is 9.59 Å². The average Bonchev–Trinajstić information content (AvgIpc) is 2.49. The van der Waals surface area contributed by atoms with Crippen molar-refractivity contribution >= 4 is 5.97 Å². The second-order valence-corrected chi connectivity index (χ2v) is 4.15. The molecule has 0 amide bonds. The van der Waals surface area contributed by atoms with Gasteiger partial charge in [0.2, 0.25) is 0 Å². The van der Waals surface area contributed by atoms with Gasteiger partial charge in [-0.1, -0.05) is 30.3 Å². The molecule has 0 aliphatic carbocycles. The van der Waals surface area contributed by atoms with E-state index in [4.69, 9.17) is 10.5 Å². The first-order chi connectivity index (χ1) is 9.69. The van der Waals surface area contributed by atoms with Gasteiger partial charge in [0.15, 0.2) is 0 Å². The lowest BCUT2D eigenvalue weighted by molar-refractivity contribution is 0.0599. The van der Waals surface area contributed by atoms with Crippen LogP contribution >= 0.6 is 0 Å². The third-order valence-electron chi connectivity index (χ3n) is 2.91. The van der Waals surface area contributed by atoms with Crippen molar-refractivity contribution in [3.05, 3.63) is 51.8 Å². The number of nitrogens with one attached hydrogen (secondary N) is 1. The number of hydrogen-bond acceptors (Lipinski definition) is 5. The van der Waals surface area contributed by atoms with Crippen LogP contribution in [0.4, 0.5) is 0 Å². The Morgan fingerprint density at radius 3 is 2.65 bits per heavy atom. The Balaban J connectivity index is 2.72. The Hall–Kier alpha value is -2.47. The van der Waals surface area contributed by atoms with E-state index in [1.54, 1.807) is 12.1 Å². The quantitative estimate of drug-likeness (QED) is 0.800. The molecular formula is C14H15N3O3. The minimum absolute atomic E-state index is 0.174. The maximum absolute atomic E-state index is 12.0. The van der Waals surface area contributed by atoms with E-state index in [2.05, 4.69) is 10.2 Å². The summed E-state index contributed by atoms with van der Waals surface area (Å²) in [6.07, 6.45) is 0.280. The summed E-state index contributed by atoms with van der Waals surface area (Å²) in [5.41, 5.74) is 6.67. The van der Waals surface area contributed by atoms with Crippen molar-refractivity contribution < 1.29 is 9.53 Å². The topological polar surface area (TPSA) is 98.1 Å². The van der Waals surface area contributed by atoms with E-state index in [0.717, 1.165) is 5.56 Å². The number of aromatic amines is 1. The van der Waals surface area contributed by atoms with Gasteiger partial charge in [-0.2, -0.15) is 5.10 Å². The highest BCUT2D eigenvalue weighted by molar-refractivity contribution is 5.97. The van der Waals surface area contributed by atoms with Crippen molar-refractivity contribution in [1.29, 1.82) is 0 Å². The molecule has 0 spiro atoms. The first-order valence-corrected chi connectivity index (χ1v) is 6.14. The van der Waals surface area contributed by atoms with Gasteiger partial charge in [0.05, 0.1) is 12.7 Å². The molecule has 1 aromatic carbocycles. The highest BCUT2D eigenvalue weighted by Gasteiger charge is 2.22. The zero-order valence-corrected chi connectivity index (χ0v) is 11.1. The average molecular weight is 273 g/mol. The highest BCUT2D eigenvalue weighted by Crippen LogP contribution is 2.22. The predicted molar refractivity (Wildman–Crippen MR) is 74.4 cm³/mol. The van der Waals surface area contributed by atoms with Crippen LogP contribution in [0.25, 0.3) is 11.3 Å². The van der Waals surface area contributed by atoms with Gasteiger partial charge in [-0.25, -0.2) is 9.89 Å². The molecule has 1 heterocycles. The van der Waals surface area contributed by atoms with Crippen LogP contribution in [0.1, 0.15) is 15.9 Å². The summed E-state index contributed by atoms with van der Waals surface area (Å²) in [6.45, 7) is 0.255. The number of ether oxygens (including phenoxy) is 1. The smallest absolute Gasteiger partial charge is 0.340 e. The van der Waals surface area contributed by atoms with E-state index in [1.807, 2.05) is 18.2 Å². The van der Waals surface area contributed by atoms with Gasteiger partial charge in [0, 0.05) is 11.1 Å². The number of benzene rings is 1. The summed E-state index contributed by atoms with van der Waals surface area (Å²) in [7, 11) is 1.27. The first-order valence-electron chi connectivity index (χ1n) is 6.14. The Labute approximate surface area is 115 Å². The lowest BCUT2D eigenvalue weighted by atomic mass is 10.0. The molecule has 0 aliphatic heterocycles. The van der Waals surface area contributed by atoms with Crippen molar-refractivity contribution in [2.45, 2.75) is 6.42 Å². The number of nitrogens with zero attached hydrogens (tertiary/aromatic N) is 1. The third-order valence-corrected chi connectivity index (χ3v) is 2.91. The zero-order chi connectivity index (χ0) is 14.5. The predicted octanol–water partition coefficient (Wildman–Crippen LogP) is 0.725. The zero-order valence-electron chi connectivity index (χ0n) is 11.1. The molecular weight excluding hydrogens is 258 g/mol. The highest BCUT2D eigenvalue weighted by atomic mass is 16.5. The number of rotatable bonds is 4. The van der Waals surface area contributed by atoms with Gasteiger partial charge < -0.3 is 10.5 Å². The Morgan fingerprint density at radius 1 is 1.35 bits per heavy atom. The molecule has 6 nitrogen and oxygen atoms in total. The molecule has 2 rings (SSSR count). The van der Waals surface area contributed by atoms with Gasteiger partial charge >= 0.3 is 5.97 Å². The molecule has 0 radical (unpaired) electrons. The number of methoxy groups -OCH3 is 1. The van der Waals surface area contributed by atoms with Crippen LogP contribution < -0.4 is 11.3 Å². The molecule has 6 heteroatoms. The summed E-state index contributed by atoms with van der Waals surface area (Å²) in [4.78, 5) is 23.9. The molecule has 2 aromatic rings.